The van der Waals surface area contributed by atoms with Crippen LogP contribution in [0.15, 0.2) is 65.4 Å². The number of nitrogens with one attached hydrogen (secondary N) is 1. The molecule has 9 heteroatoms. The van der Waals surface area contributed by atoms with E-state index in [1.54, 1.807) is 10.8 Å². The third-order valence-electron chi connectivity index (χ3n) is 4.57. The average molecular weight is 385 g/mol. The number of hydrogen-bond acceptors (Lipinski definition) is 7. The molecule has 0 saturated carbocycles. The first-order chi connectivity index (χ1) is 14.2. The standard InChI is InChI=1S/C20H15N7O2/c21-19-18(25-29-26-19)20-24-15-5-1-2-6-16(15)27(20)11-17(28)23-13-7-8-14-12(10-13)4-3-9-22-14/h1-10H,11H2,(H2,21,26)(H,23,28). The average Bonchev–Trinajstić information content (AvgIpc) is 3.31. The quantitative estimate of drug-likeness (QED) is 0.487. The minimum Gasteiger partial charge on any atom is -0.379 e. The number of carbonyl (C=O) groups excluding carboxylic acids is 1. The van der Waals surface area contributed by atoms with Crippen LogP contribution >= 0.6 is 0 Å². The van der Waals surface area contributed by atoms with Crippen LogP contribution in [0.1, 0.15) is 0 Å². The van der Waals surface area contributed by atoms with E-state index in [-0.39, 0.29) is 18.3 Å². The van der Waals surface area contributed by atoms with Crippen molar-refractivity contribution < 1.29 is 9.42 Å². The molecule has 2 aromatic carbocycles. The number of nitrogen functional groups attached to an aromatic ring is 1. The zero-order valence-corrected chi connectivity index (χ0v) is 15.1. The maximum Gasteiger partial charge on any atom is 0.244 e. The minimum absolute atomic E-state index is 0.0211. The van der Waals surface area contributed by atoms with Crippen LogP contribution < -0.4 is 11.1 Å². The van der Waals surface area contributed by atoms with Crippen molar-refractivity contribution in [2.24, 2.45) is 0 Å². The van der Waals surface area contributed by atoms with E-state index in [0.29, 0.717) is 17.2 Å². The lowest BCUT2D eigenvalue weighted by Gasteiger charge is -2.10. The molecule has 5 aromatic rings. The van der Waals surface area contributed by atoms with E-state index in [0.717, 1.165) is 21.9 Å². The Morgan fingerprint density at radius 3 is 2.83 bits per heavy atom. The molecule has 0 aliphatic heterocycles. The van der Waals surface area contributed by atoms with Gasteiger partial charge in [-0.3, -0.25) is 9.78 Å². The van der Waals surface area contributed by atoms with Crippen LogP contribution in [0.25, 0.3) is 33.5 Å². The van der Waals surface area contributed by atoms with Crippen molar-refractivity contribution in [2.75, 3.05) is 11.1 Å². The lowest BCUT2D eigenvalue weighted by molar-refractivity contribution is -0.116. The molecule has 142 valence electrons. The molecule has 0 radical (unpaired) electrons. The second kappa shape index (κ2) is 6.71. The topological polar surface area (TPSA) is 125 Å². The van der Waals surface area contributed by atoms with Crippen molar-refractivity contribution >= 4 is 39.3 Å². The summed E-state index contributed by atoms with van der Waals surface area (Å²) in [5.41, 5.74) is 9.19. The van der Waals surface area contributed by atoms with Gasteiger partial charge in [0.15, 0.2) is 17.3 Å². The van der Waals surface area contributed by atoms with Crippen molar-refractivity contribution in [3.8, 4) is 11.5 Å². The van der Waals surface area contributed by atoms with E-state index in [1.165, 1.54) is 0 Å². The van der Waals surface area contributed by atoms with Gasteiger partial charge in [0, 0.05) is 17.3 Å². The van der Waals surface area contributed by atoms with Gasteiger partial charge in [-0.05, 0) is 46.7 Å². The maximum absolute atomic E-state index is 12.8. The Balaban J connectivity index is 1.49. The van der Waals surface area contributed by atoms with E-state index in [4.69, 9.17) is 10.4 Å². The van der Waals surface area contributed by atoms with E-state index in [1.807, 2.05) is 54.6 Å². The first-order valence-corrected chi connectivity index (χ1v) is 8.87. The van der Waals surface area contributed by atoms with Crippen LogP contribution in [-0.4, -0.2) is 30.8 Å². The van der Waals surface area contributed by atoms with Crippen LogP contribution in [0.5, 0.6) is 0 Å². The number of nitrogens with two attached hydrogens (primary N) is 1. The van der Waals surface area contributed by atoms with Gasteiger partial charge in [0.2, 0.25) is 5.91 Å². The van der Waals surface area contributed by atoms with Crippen molar-refractivity contribution in [1.29, 1.82) is 0 Å². The highest BCUT2D eigenvalue weighted by atomic mass is 16.6. The Labute approximate surface area is 164 Å². The van der Waals surface area contributed by atoms with Crippen molar-refractivity contribution in [1.82, 2.24) is 24.8 Å². The predicted molar refractivity (Wildman–Crippen MR) is 108 cm³/mol. The summed E-state index contributed by atoms with van der Waals surface area (Å²) in [6, 6.07) is 16.9. The molecule has 0 unspecified atom stereocenters. The molecule has 9 nitrogen and oxygen atoms in total. The number of benzene rings is 2. The number of para-hydroxylation sites is 2. The van der Waals surface area contributed by atoms with Crippen molar-refractivity contribution in [3.05, 3.63) is 60.8 Å². The highest BCUT2D eigenvalue weighted by Gasteiger charge is 2.20. The van der Waals surface area contributed by atoms with E-state index < -0.39 is 0 Å². The number of pyridine rings is 1. The SMILES string of the molecule is Nc1nonc1-c1nc2ccccc2n1CC(=O)Nc1ccc2ncccc2c1. The first-order valence-electron chi connectivity index (χ1n) is 8.87. The van der Waals surface area contributed by atoms with Gasteiger partial charge in [0.05, 0.1) is 16.6 Å². The zero-order valence-electron chi connectivity index (χ0n) is 15.1. The summed E-state index contributed by atoms with van der Waals surface area (Å²) in [6.07, 6.45) is 1.73. The fourth-order valence-electron chi connectivity index (χ4n) is 3.26. The fraction of sp³-hybridized carbons (Fsp3) is 0.0500. The number of carbonyl (C=O) groups is 1. The third kappa shape index (κ3) is 3.04. The molecule has 0 aliphatic carbocycles. The Morgan fingerprint density at radius 2 is 1.97 bits per heavy atom. The first kappa shape index (κ1) is 16.9. The Morgan fingerprint density at radius 1 is 1.07 bits per heavy atom. The van der Waals surface area contributed by atoms with Crippen molar-refractivity contribution in [3.63, 3.8) is 0 Å². The zero-order chi connectivity index (χ0) is 19.8. The van der Waals surface area contributed by atoms with E-state index in [9.17, 15) is 4.79 Å². The summed E-state index contributed by atoms with van der Waals surface area (Å²) in [4.78, 5) is 21.6. The van der Waals surface area contributed by atoms with Gasteiger partial charge >= 0.3 is 0 Å². The summed E-state index contributed by atoms with van der Waals surface area (Å²) >= 11 is 0. The normalized spacial score (nSPS) is 11.2. The number of amides is 1. The summed E-state index contributed by atoms with van der Waals surface area (Å²) in [5, 5.41) is 11.3. The third-order valence-corrected chi connectivity index (χ3v) is 4.57. The number of imidazole rings is 1. The fourth-order valence-corrected chi connectivity index (χ4v) is 3.26. The molecule has 3 N–H and O–H groups in total. The second-order valence-corrected chi connectivity index (χ2v) is 6.47. The number of nitrogens with zero attached hydrogens (tertiary/aromatic N) is 5. The van der Waals surface area contributed by atoms with Gasteiger partial charge in [-0.2, -0.15) is 0 Å². The van der Waals surface area contributed by atoms with Crippen LogP contribution in [0, 0.1) is 0 Å². The molecule has 0 aliphatic rings. The Kier molecular flexibility index (Phi) is 3.91. The lowest BCUT2D eigenvalue weighted by Crippen LogP contribution is -2.19. The molecule has 0 atom stereocenters. The lowest BCUT2D eigenvalue weighted by atomic mass is 10.2. The number of aromatic nitrogens is 5. The molecule has 3 aromatic heterocycles. The summed E-state index contributed by atoms with van der Waals surface area (Å²) in [5.74, 6) is 0.319. The number of fused-ring (bicyclic) bond motifs is 2. The summed E-state index contributed by atoms with van der Waals surface area (Å²) in [7, 11) is 0. The van der Waals surface area contributed by atoms with Gasteiger partial charge in [-0.1, -0.05) is 18.2 Å². The highest BCUT2D eigenvalue weighted by molar-refractivity contribution is 5.95. The van der Waals surface area contributed by atoms with Crippen LogP contribution in [0.3, 0.4) is 0 Å². The van der Waals surface area contributed by atoms with Crippen molar-refractivity contribution in [2.45, 2.75) is 6.54 Å². The number of anilines is 2. The van der Waals surface area contributed by atoms with Crippen LogP contribution in [0.2, 0.25) is 0 Å². The minimum atomic E-state index is -0.215. The van der Waals surface area contributed by atoms with Gasteiger partial charge < -0.3 is 15.6 Å². The summed E-state index contributed by atoms with van der Waals surface area (Å²) < 4.78 is 6.45. The molecule has 0 bridgehead atoms. The van der Waals surface area contributed by atoms with E-state index >= 15 is 0 Å². The molecular formula is C20H15N7O2. The van der Waals surface area contributed by atoms with Crippen LogP contribution in [-0.2, 0) is 11.3 Å². The highest BCUT2D eigenvalue weighted by Crippen LogP contribution is 2.26. The molecule has 3 heterocycles. The van der Waals surface area contributed by atoms with Gasteiger partial charge in [0.25, 0.3) is 0 Å². The monoisotopic (exact) mass is 385 g/mol. The second-order valence-electron chi connectivity index (χ2n) is 6.47. The molecule has 0 spiro atoms. The Bertz CT molecular complexity index is 1360. The van der Waals surface area contributed by atoms with Gasteiger partial charge in [0.1, 0.15) is 6.54 Å². The predicted octanol–water partition coefficient (Wildman–Crippen LogP) is 2.86. The van der Waals surface area contributed by atoms with E-state index in [2.05, 4.69) is 25.6 Å². The van der Waals surface area contributed by atoms with Crippen LogP contribution in [0.4, 0.5) is 11.5 Å². The molecule has 29 heavy (non-hydrogen) atoms. The molecule has 1 amide bonds. The smallest absolute Gasteiger partial charge is 0.244 e. The maximum atomic E-state index is 12.8. The number of hydrogen-bond donors (Lipinski definition) is 2. The Hall–Kier alpha value is -4.27. The molecule has 5 rings (SSSR count). The largest absolute Gasteiger partial charge is 0.379 e. The molecule has 0 saturated heterocycles. The molecular weight excluding hydrogens is 370 g/mol. The molecule has 0 fully saturated rings. The van der Waals surface area contributed by atoms with Gasteiger partial charge in [-0.25, -0.2) is 9.61 Å². The van der Waals surface area contributed by atoms with Gasteiger partial charge in [-0.15, -0.1) is 0 Å². The number of rotatable bonds is 4. The summed E-state index contributed by atoms with van der Waals surface area (Å²) in [6.45, 7) is 0.0211.